The Labute approximate surface area is 156 Å². The highest BCUT2D eigenvalue weighted by Crippen LogP contribution is 2.21. The highest BCUT2D eigenvalue weighted by Gasteiger charge is 2.29. The van der Waals surface area contributed by atoms with Gasteiger partial charge in [0.25, 0.3) is 5.91 Å². The molecule has 3 rings (SSSR count). The summed E-state index contributed by atoms with van der Waals surface area (Å²) >= 11 is 0. The second-order valence-electron chi connectivity index (χ2n) is 6.66. The Morgan fingerprint density at radius 3 is 2.67 bits per heavy atom. The number of carbonyl (C=O) groups excluding carboxylic acids is 2. The van der Waals surface area contributed by atoms with E-state index in [4.69, 9.17) is 9.26 Å². The van der Waals surface area contributed by atoms with Gasteiger partial charge in [0, 0.05) is 23.5 Å². The van der Waals surface area contributed by atoms with Crippen LogP contribution in [0.3, 0.4) is 0 Å². The monoisotopic (exact) mass is 395 g/mol. The number of aromatic nitrogens is 2. The van der Waals surface area contributed by atoms with Crippen LogP contribution in [-0.4, -0.2) is 54.2 Å². The first kappa shape index (κ1) is 19.2. The minimum Gasteiger partial charge on any atom is -0.452 e. The van der Waals surface area contributed by atoms with Crippen molar-refractivity contribution < 1.29 is 27.3 Å². The van der Waals surface area contributed by atoms with E-state index in [-0.39, 0.29) is 11.5 Å². The Kier molecular flexibility index (Phi) is 5.09. The summed E-state index contributed by atoms with van der Waals surface area (Å²) in [4.78, 5) is 24.3. The molecule has 10 heteroatoms. The second-order valence-corrected chi connectivity index (χ2v) is 8.89. The van der Waals surface area contributed by atoms with Crippen molar-refractivity contribution >= 4 is 21.7 Å². The zero-order valence-electron chi connectivity index (χ0n) is 15.3. The van der Waals surface area contributed by atoms with Gasteiger partial charge in [-0.25, -0.2) is 13.2 Å². The molecule has 1 saturated heterocycles. The van der Waals surface area contributed by atoms with Crippen molar-refractivity contribution in [3.8, 4) is 5.82 Å². The number of esters is 1. The molecule has 1 aliphatic rings. The molecule has 0 aliphatic carbocycles. The highest BCUT2D eigenvalue weighted by molar-refractivity contribution is 7.91. The van der Waals surface area contributed by atoms with Crippen molar-refractivity contribution in [2.24, 2.45) is 0 Å². The molecule has 146 valence electrons. The third-order valence-corrected chi connectivity index (χ3v) is 6.20. The van der Waals surface area contributed by atoms with Gasteiger partial charge in [0.05, 0.1) is 17.1 Å². The lowest BCUT2D eigenvalue weighted by atomic mass is 10.2. The highest BCUT2D eigenvalue weighted by atomic mass is 32.2. The summed E-state index contributed by atoms with van der Waals surface area (Å²) in [5.74, 6) is 0.0278. The number of nitrogens with zero attached hydrogens (tertiary/aromatic N) is 2. The number of hydrogen-bond acceptors (Lipinski definition) is 7. The summed E-state index contributed by atoms with van der Waals surface area (Å²) in [5.41, 5.74) is 1.71. The summed E-state index contributed by atoms with van der Waals surface area (Å²) in [6.07, 6.45) is 0.375. The van der Waals surface area contributed by atoms with Gasteiger partial charge in [-0.3, -0.25) is 9.36 Å². The van der Waals surface area contributed by atoms with Crippen molar-refractivity contribution in [2.75, 3.05) is 18.1 Å². The normalized spacial score (nSPS) is 18.4. The molecular weight excluding hydrogens is 374 g/mol. The fraction of sp³-hybridized carbons (Fsp3) is 0.471. The van der Waals surface area contributed by atoms with E-state index in [1.165, 1.54) is 0 Å². The summed E-state index contributed by atoms with van der Waals surface area (Å²) < 4.78 is 34.7. The topological polar surface area (TPSA) is 120 Å². The number of nitrogens with one attached hydrogen (secondary N) is 1. The Morgan fingerprint density at radius 2 is 2.07 bits per heavy atom. The van der Waals surface area contributed by atoms with Crippen molar-refractivity contribution in [2.45, 2.75) is 33.2 Å². The van der Waals surface area contributed by atoms with Gasteiger partial charge in [0.1, 0.15) is 5.76 Å². The first-order valence-electron chi connectivity index (χ1n) is 8.46. The average molecular weight is 395 g/mol. The molecule has 1 aliphatic heterocycles. The maximum atomic E-state index is 12.4. The molecule has 1 fully saturated rings. The van der Waals surface area contributed by atoms with E-state index in [0.29, 0.717) is 29.3 Å². The van der Waals surface area contributed by atoms with E-state index in [1.54, 1.807) is 30.5 Å². The van der Waals surface area contributed by atoms with E-state index in [0.717, 1.165) is 5.69 Å². The molecule has 2 aromatic rings. The number of aryl methyl sites for hydroxylation is 2. The Bertz CT molecular complexity index is 988. The maximum absolute atomic E-state index is 12.4. The van der Waals surface area contributed by atoms with Gasteiger partial charge >= 0.3 is 5.97 Å². The molecular formula is C17H21N3O6S. The predicted octanol–water partition coefficient (Wildman–Crippen LogP) is 0.851. The number of sulfone groups is 1. The predicted molar refractivity (Wildman–Crippen MR) is 95.5 cm³/mol. The molecule has 0 bridgehead atoms. The lowest BCUT2D eigenvalue weighted by Crippen LogP contribution is -2.38. The molecule has 1 N–H and O–H groups in total. The quantitative estimate of drug-likeness (QED) is 0.745. The van der Waals surface area contributed by atoms with E-state index in [1.807, 2.05) is 6.92 Å². The maximum Gasteiger partial charge on any atom is 0.340 e. The molecule has 0 saturated carbocycles. The zero-order valence-corrected chi connectivity index (χ0v) is 16.1. The summed E-state index contributed by atoms with van der Waals surface area (Å²) in [7, 11) is -3.09. The van der Waals surface area contributed by atoms with Gasteiger partial charge in [-0.05, 0) is 33.3 Å². The number of carbonyl (C=O) groups is 2. The third-order valence-electron chi connectivity index (χ3n) is 4.43. The molecule has 1 atom stereocenters. The largest absolute Gasteiger partial charge is 0.452 e. The van der Waals surface area contributed by atoms with Gasteiger partial charge in [-0.15, -0.1) is 0 Å². The fourth-order valence-corrected chi connectivity index (χ4v) is 4.84. The van der Waals surface area contributed by atoms with Crippen molar-refractivity contribution in [1.29, 1.82) is 0 Å². The van der Waals surface area contributed by atoms with Gasteiger partial charge in [0.2, 0.25) is 0 Å². The minimum absolute atomic E-state index is 0.0608. The van der Waals surface area contributed by atoms with Gasteiger partial charge in [0.15, 0.2) is 22.3 Å². The number of rotatable bonds is 5. The number of hydrogen-bond donors (Lipinski definition) is 1. The molecule has 2 aromatic heterocycles. The van der Waals surface area contributed by atoms with Crippen LogP contribution in [0.5, 0.6) is 0 Å². The molecule has 0 aromatic carbocycles. The molecule has 0 unspecified atom stereocenters. The zero-order chi connectivity index (χ0) is 19.8. The standard InChI is InChI=1S/C17H21N3O6S/c1-10-6-14(12(3)20(10)15-7-11(2)26-19-15)17(22)25-8-16(21)18-13-4-5-27(23,24)9-13/h6-7,13H,4-5,8-9H2,1-3H3,(H,18,21)/t13-/m0/s1. The minimum atomic E-state index is -3.09. The van der Waals surface area contributed by atoms with Crippen LogP contribution in [0.4, 0.5) is 0 Å². The van der Waals surface area contributed by atoms with Crippen LogP contribution >= 0.6 is 0 Å². The first-order chi connectivity index (χ1) is 12.7. The van der Waals surface area contributed by atoms with Crippen LogP contribution in [0.1, 0.15) is 33.9 Å². The van der Waals surface area contributed by atoms with Crippen LogP contribution in [0, 0.1) is 20.8 Å². The SMILES string of the molecule is Cc1cc(-n2c(C)cc(C(=O)OCC(=O)N[C@H]3CCS(=O)(=O)C3)c2C)no1. The fourth-order valence-electron chi connectivity index (χ4n) is 3.17. The molecule has 0 spiro atoms. The summed E-state index contributed by atoms with van der Waals surface area (Å²) in [6.45, 7) is 4.87. The lowest BCUT2D eigenvalue weighted by molar-refractivity contribution is -0.124. The van der Waals surface area contributed by atoms with Crippen molar-refractivity contribution in [1.82, 2.24) is 15.0 Å². The van der Waals surface area contributed by atoms with Crippen molar-refractivity contribution in [3.63, 3.8) is 0 Å². The Hall–Kier alpha value is -2.62. The first-order valence-corrected chi connectivity index (χ1v) is 10.3. The molecule has 0 radical (unpaired) electrons. The smallest absolute Gasteiger partial charge is 0.340 e. The van der Waals surface area contributed by atoms with Crippen LogP contribution in [-0.2, 0) is 19.4 Å². The Balaban J connectivity index is 1.62. The van der Waals surface area contributed by atoms with E-state index in [2.05, 4.69) is 10.5 Å². The molecule has 1 amide bonds. The van der Waals surface area contributed by atoms with Gasteiger partial charge < -0.3 is 14.6 Å². The lowest BCUT2D eigenvalue weighted by Gasteiger charge is -2.11. The van der Waals surface area contributed by atoms with Gasteiger partial charge in [-0.2, -0.15) is 0 Å². The average Bonchev–Trinajstić information content (AvgIpc) is 3.23. The van der Waals surface area contributed by atoms with Crippen LogP contribution in [0.15, 0.2) is 16.7 Å². The second kappa shape index (κ2) is 7.18. The molecule has 3 heterocycles. The van der Waals surface area contributed by atoms with E-state index < -0.39 is 34.4 Å². The Morgan fingerprint density at radius 1 is 1.33 bits per heavy atom. The van der Waals surface area contributed by atoms with E-state index >= 15 is 0 Å². The van der Waals surface area contributed by atoms with Crippen molar-refractivity contribution in [3.05, 3.63) is 34.8 Å². The summed E-state index contributed by atoms with van der Waals surface area (Å²) in [6, 6.07) is 2.98. The molecule has 9 nitrogen and oxygen atoms in total. The van der Waals surface area contributed by atoms with Crippen LogP contribution in [0.25, 0.3) is 5.82 Å². The summed E-state index contributed by atoms with van der Waals surface area (Å²) in [5, 5.41) is 6.52. The number of amides is 1. The number of ether oxygens (including phenoxy) is 1. The van der Waals surface area contributed by atoms with Gasteiger partial charge in [-0.1, -0.05) is 5.16 Å². The molecule has 27 heavy (non-hydrogen) atoms. The van der Waals surface area contributed by atoms with E-state index in [9.17, 15) is 18.0 Å². The van der Waals surface area contributed by atoms with Crippen LogP contribution in [0.2, 0.25) is 0 Å². The third kappa shape index (κ3) is 4.21. The van der Waals surface area contributed by atoms with Crippen LogP contribution < -0.4 is 5.32 Å².